The number of anilines is 2. The van der Waals surface area contributed by atoms with E-state index in [0.29, 0.717) is 5.75 Å². The van der Waals surface area contributed by atoms with Crippen LogP contribution in [0.4, 0.5) is 11.6 Å². The molecule has 1 aliphatic heterocycles. The van der Waals surface area contributed by atoms with Crippen LogP contribution in [0.5, 0.6) is 0 Å². The first-order chi connectivity index (χ1) is 9.58. The summed E-state index contributed by atoms with van der Waals surface area (Å²) < 4.78 is 24.5. The minimum Gasteiger partial charge on any atom is -0.370 e. The van der Waals surface area contributed by atoms with Gasteiger partial charge >= 0.3 is 0 Å². The Balaban J connectivity index is 2.30. The van der Waals surface area contributed by atoms with E-state index >= 15 is 0 Å². The highest BCUT2D eigenvalue weighted by atomic mass is 32.2. The average molecular weight is 315 g/mol. The molecule has 0 amide bonds. The van der Waals surface area contributed by atoms with E-state index in [9.17, 15) is 8.42 Å². The number of sulfone groups is 1. The number of hydrogen-bond donors (Lipinski definition) is 1. The fourth-order valence-electron chi connectivity index (χ4n) is 2.20. The van der Waals surface area contributed by atoms with Gasteiger partial charge in [-0.15, -0.1) is 0 Å². The predicted octanol–water partition coefficient (Wildman–Crippen LogP) is 1.83. The molecular weight excluding hydrogens is 294 g/mol. The van der Waals surface area contributed by atoms with Gasteiger partial charge in [-0.3, -0.25) is 0 Å². The summed E-state index contributed by atoms with van der Waals surface area (Å²) in [6.07, 6.45) is 0. The van der Waals surface area contributed by atoms with Crippen LogP contribution in [0.1, 0.15) is 13.8 Å². The van der Waals surface area contributed by atoms with Gasteiger partial charge in [-0.25, -0.2) is 13.4 Å². The van der Waals surface area contributed by atoms with Gasteiger partial charge in [0.25, 0.3) is 0 Å². The zero-order valence-electron chi connectivity index (χ0n) is 11.9. The normalized spacial score (nSPS) is 19.9. The van der Waals surface area contributed by atoms with Crippen molar-refractivity contribution in [3.8, 4) is 0 Å². The van der Waals surface area contributed by atoms with Gasteiger partial charge in [0, 0.05) is 30.3 Å². The molecule has 0 radical (unpaired) electrons. The summed E-state index contributed by atoms with van der Waals surface area (Å²) in [4.78, 5) is 6.45. The molecule has 7 heteroatoms. The van der Waals surface area contributed by atoms with Crippen molar-refractivity contribution in [2.45, 2.75) is 19.2 Å². The smallest absolute Gasteiger partial charge is 0.171 e. The molecule has 0 aliphatic carbocycles. The van der Waals surface area contributed by atoms with Crippen LogP contribution in [-0.2, 0) is 9.84 Å². The maximum atomic E-state index is 12.3. The Labute approximate surface area is 125 Å². The van der Waals surface area contributed by atoms with Gasteiger partial charge in [0.1, 0.15) is 17.0 Å². The minimum absolute atomic E-state index is 0.168. The zero-order chi connectivity index (χ0) is 14.6. The Hall–Kier alpha value is -0.950. The minimum atomic E-state index is -3.10. The first kappa shape index (κ1) is 15.4. The van der Waals surface area contributed by atoms with Crippen LogP contribution in [0.15, 0.2) is 18.2 Å². The van der Waals surface area contributed by atoms with Crippen LogP contribution >= 0.6 is 11.8 Å². The largest absolute Gasteiger partial charge is 0.370 e. The molecule has 0 saturated carbocycles. The van der Waals surface area contributed by atoms with Crippen molar-refractivity contribution in [3.63, 3.8) is 0 Å². The molecule has 20 heavy (non-hydrogen) atoms. The molecule has 1 N–H and O–H groups in total. The van der Waals surface area contributed by atoms with E-state index in [1.54, 1.807) is 18.7 Å². The Bertz CT molecular complexity index is 548. The first-order valence-corrected chi connectivity index (χ1v) is 9.72. The molecule has 5 nitrogen and oxygen atoms in total. The number of aromatic nitrogens is 1. The summed E-state index contributed by atoms with van der Waals surface area (Å²) in [7, 11) is -3.10. The van der Waals surface area contributed by atoms with Gasteiger partial charge in [0.2, 0.25) is 0 Å². The lowest BCUT2D eigenvalue weighted by Gasteiger charge is -2.35. The van der Waals surface area contributed by atoms with Gasteiger partial charge in [0.15, 0.2) is 9.84 Å². The molecule has 2 heterocycles. The standard InChI is InChI=1S/C13H21N3O2S2/c1-3-14-11-6-5-7-12(15-11)16-8-9-19-10-13(16)20(17,18)4-2/h5-7,13H,3-4,8-10H2,1-2H3,(H,14,15). The monoisotopic (exact) mass is 315 g/mol. The summed E-state index contributed by atoms with van der Waals surface area (Å²) in [5.74, 6) is 3.25. The summed E-state index contributed by atoms with van der Waals surface area (Å²) in [6, 6.07) is 5.70. The van der Waals surface area contributed by atoms with E-state index in [1.165, 1.54) is 0 Å². The number of nitrogens with zero attached hydrogens (tertiary/aromatic N) is 2. The maximum Gasteiger partial charge on any atom is 0.171 e. The molecule has 112 valence electrons. The Morgan fingerprint density at radius 2 is 2.25 bits per heavy atom. The lowest BCUT2D eigenvalue weighted by atomic mass is 10.4. The highest BCUT2D eigenvalue weighted by molar-refractivity contribution is 8.01. The SMILES string of the molecule is CCNc1cccc(N2CCSCC2S(=O)(=O)CC)n1. The predicted molar refractivity (Wildman–Crippen MR) is 86.3 cm³/mol. The molecule has 1 unspecified atom stereocenters. The molecule has 0 aromatic carbocycles. The molecule has 1 saturated heterocycles. The van der Waals surface area contributed by atoms with Crippen molar-refractivity contribution in [2.24, 2.45) is 0 Å². The van der Waals surface area contributed by atoms with Crippen LogP contribution < -0.4 is 10.2 Å². The lowest BCUT2D eigenvalue weighted by Crippen LogP contribution is -2.48. The second kappa shape index (κ2) is 6.67. The summed E-state index contributed by atoms with van der Waals surface area (Å²) >= 11 is 1.69. The molecule has 0 spiro atoms. The van der Waals surface area contributed by atoms with Crippen molar-refractivity contribution in [2.75, 3.05) is 40.6 Å². The number of hydrogen-bond acceptors (Lipinski definition) is 6. The van der Waals surface area contributed by atoms with E-state index < -0.39 is 15.2 Å². The summed E-state index contributed by atoms with van der Waals surface area (Å²) in [5.41, 5.74) is 0. The number of rotatable bonds is 5. The molecule has 1 aromatic heterocycles. The van der Waals surface area contributed by atoms with Crippen molar-refractivity contribution in [3.05, 3.63) is 18.2 Å². The second-order valence-corrected chi connectivity index (χ2v) is 8.18. The van der Waals surface area contributed by atoms with E-state index in [1.807, 2.05) is 30.0 Å². The van der Waals surface area contributed by atoms with Crippen LogP contribution in [0.3, 0.4) is 0 Å². The highest BCUT2D eigenvalue weighted by Crippen LogP contribution is 2.26. The average Bonchev–Trinajstić information content (AvgIpc) is 2.48. The van der Waals surface area contributed by atoms with Crippen molar-refractivity contribution in [1.29, 1.82) is 0 Å². The van der Waals surface area contributed by atoms with E-state index in [0.717, 1.165) is 30.5 Å². The molecule has 1 atom stereocenters. The molecule has 0 bridgehead atoms. The van der Waals surface area contributed by atoms with Crippen molar-refractivity contribution < 1.29 is 8.42 Å². The fraction of sp³-hybridized carbons (Fsp3) is 0.615. The van der Waals surface area contributed by atoms with Crippen LogP contribution in [0.2, 0.25) is 0 Å². The molecule has 1 aliphatic rings. The lowest BCUT2D eigenvalue weighted by molar-refractivity contribution is 0.579. The van der Waals surface area contributed by atoms with Gasteiger partial charge in [0.05, 0.1) is 0 Å². The second-order valence-electron chi connectivity index (χ2n) is 4.59. The van der Waals surface area contributed by atoms with E-state index in [-0.39, 0.29) is 5.75 Å². The maximum absolute atomic E-state index is 12.3. The molecule has 1 fully saturated rings. The fourth-order valence-corrected chi connectivity index (χ4v) is 5.17. The Kier molecular flexibility index (Phi) is 5.15. The van der Waals surface area contributed by atoms with E-state index in [4.69, 9.17) is 0 Å². The summed E-state index contributed by atoms with van der Waals surface area (Å²) in [6.45, 7) is 5.23. The highest BCUT2D eigenvalue weighted by Gasteiger charge is 2.33. The zero-order valence-corrected chi connectivity index (χ0v) is 13.5. The summed E-state index contributed by atoms with van der Waals surface area (Å²) in [5, 5.41) is 2.70. The van der Waals surface area contributed by atoms with Gasteiger partial charge in [-0.1, -0.05) is 13.0 Å². The van der Waals surface area contributed by atoms with Crippen molar-refractivity contribution in [1.82, 2.24) is 4.98 Å². The third-order valence-corrected chi connectivity index (χ3v) is 6.58. The topological polar surface area (TPSA) is 62.3 Å². The van der Waals surface area contributed by atoms with E-state index in [2.05, 4.69) is 10.3 Å². The van der Waals surface area contributed by atoms with Crippen LogP contribution in [0, 0.1) is 0 Å². The van der Waals surface area contributed by atoms with Gasteiger partial charge < -0.3 is 10.2 Å². The number of thioether (sulfide) groups is 1. The first-order valence-electron chi connectivity index (χ1n) is 6.85. The molecule has 1 aromatic rings. The quantitative estimate of drug-likeness (QED) is 0.894. The molecular formula is C13H21N3O2S2. The molecule has 2 rings (SSSR count). The third-order valence-electron chi connectivity index (χ3n) is 3.29. The number of nitrogens with one attached hydrogen (secondary N) is 1. The van der Waals surface area contributed by atoms with Gasteiger partial charge in [-0.2, -0.15) is 11.8 Å². The third kappa shape index (κ3) is 3.38. The van der Waals surface area contributed by atoms with Crippen LogP contribution in [0.25, 0.3) is 0 Å². The Morgan fingerprint density at radius 3 is 2.95 bits per heavy atom. The van der Waals surface area contributed by atoms with Crippen molar-refractivity contribution >= 4 is 33.2 Å². The van der Waals surface area contributed by atoms with Crippen LogP contribution in [-0.4, -0.2) is 49.1 Å². The van der Waals surface area contributed by atoms with Gasteiger partial charge in [-0.05, 0) is 19.1 Å². The Morgan fingerprint density at radius 1 is 1.45 bits per heavy atom. The number of pyridine rings is 1.